The summed E-state index contributed by atoms with van der Waals surface area (Å²) >= 11 is 7.73. The van der Waals surface area contributed by atoms with E-state index in [9.17, 15) is 4.79 Å². The van der Waals surface area contributed by atoms with Gasteiger partial charge in [0.15, 0.2) is 5.78 Å². The molecule has 0 heterocycles. The van der Waals surface area contributed by atoms with E-state index in [1.807, 2.05) is 30.8 Å². The summed E-state index contributed by atoms with van der Waals surface area (Å²) in [6.45, 7) is 2.01. The van der Waals surface area contributed by atoms with Crippen molar-refractivity contribution in [3.8, 4) is 0 Å². The molecule has 1 aromatic carbocycles. The summed E-state index contributed by atoms with van der Waals surface area (Å²) in [4.78, 5) is 12.2. The molecule has 1 atom stereocenters. The average molecular weight is 269 g/mol. The molecule has 0 saturated heterocycles. The first-order valence-electron chi connectivity index (χ1n) is 6.12. The molecule has 2 rings (SSSR count). The first-order chi connectivity index (χ1) is 8.16. The quantitative estimate of drug-likeness (QED) is 0.743. The maximum Gasteiger partial charge on any atom is 0.175 e. The lowest BCUT2D eigenvalue weighted by atomic mass is 10.1. The molecule has 17 heavy (non-hydrogen) atoms. The third kappa shape index (κ3) is 3.49. The Morgan fingerprint density at radius 3 is 2.76 bits per heavy atom. The van der Waals surface area contributed by atoms with Gasteiger partial charge in [0.1, 0.15) is 0 Å². The van der Waals surface area contributed by atoms with Crippen molar-refractivity contribution in [2.75, 3.05) is 0 Å². The zero-order chi connectivity index (χ0) is 12.3. The van der Waals surface area contributed by atoms with Gasteiger partial charge in [-0.1, -0.05) is 36.6 Å². The average Bonchev–Trinajstić information content (AvgIpc) is 2.80. The molecule has 1 nitrogen and oxygen atoms in total. The second-order valence-electron chi connectivity index (χ2n) is 4.56. The second-order valence-corrected chi connectivity index (χ2v) is 6.64. The molecular weight excluding hydrogens is 252 g/mol. The number of hydrogen-bond acceptors (Lipinski definition) is 2. The molecule has 0 bridgehead atoms. The number of rotatable bonds is 4. The highest BCUT2D eigenvalue weighted by Gasteiger charge is 2.23. The molecular formula is C14H17ClOS. The summed E-state index contributed by atoms with van der Waals surface area (Å²) in [6, 6.07) is 7.24. The summed E-state index contributed by atoms with van der Waals surface area (Å²) in [5.41, 5.74) is 0.732. The van der Waals surface area contributed by atoms with Crippen molar-refractivity contribution in [1.29, 1.82) is 0 Å². The summed E-state index contributed by atoms with van der Waals surface area (Å²) in [5.74, 6) is 0.199. The van der Waals surface area contributed by atoms with Gasteiger partial charge in [0.05, 0.1) is 5.25 Å². The van der Waals surface area contributed by atoms with Gasteiger partial charge in [-0.05, 0) is 31.9 Å². The lowest BCUT2D eigenvalue weighted by Crippen LogP contribution is -2.16. The minimum Gasteiger partial charge on any atom is -0.293 e. The molecule has 0 N–H and O–H groups in total. The maximum atomic E-state index is 12.2. The van der Waals surface area contributed by atoms with Gasteiger partial charge in [-0.3, -0.25) is 4.79 Å². The summed E-state index contributed by atoms with van der Waals surface area (Å²) in [7, 11) is 0. The van der Waals surface area contributed by atoms with Gasteiger partial charge < -0.3 is 0 Å². The zero-order valence-electron chi connectivity index (χ0n) is 9.99. The highest BCUT2D eigenvalue weighted by molar-refractivity contribution is 8.01. The minimum absolute atomic E-state index is 0.0385. The Labute approximate surface area is 112 Å². The van der Waals surface area contributed by atoms with E-state index in [0.717, 1.165) is 5.56 Å². The largest absolute Gasteiger partial charge is 0.293 e. The predicted octanol–water partition coefficient (Wildman–Crippen LogP) is 4.59. The van der Waals surface area contributed by atoms with Crippen molar-refractivity contribution in [3.63, 3.8) is 0 Å². The van der Waals surface area contributed by atoms with Crippen LogP contribution in [0.2, 0.25) is 5.02 Å². The predicted molar refractivity (Wildman–Crippen MR) is 75.1 cm³/mol. The van der Waals surface area contributed by atoms with Crippen LogP contribution in [-0.2, 0) is 0 Å². The highest BCUT2D eigenvalue weighted by atomic mass is 35.5. The Morgan fingerprint density at radius 2 is 2.12 bits per heavy atom. The monoisotopic (exact) mass is 268 g/mol. The number of benzene rings is 1. The van der Waals surface area contributed by atoms with E-state index in [4.69, 9.17) is 11.6 Å². The van der Waals surface area contributed by atoms with Gasteiger partial charge in [0.2, 0.25) is 0 Å². The van der Waals surface area contributed by atoms with E-state index in [2.05, 4.69) is 0 Å². The molecule has 1 unspecified atom stereocenters. The SMILES string of the molecule is CC(SC1CCCC1)C(=O)c1cccc(Cl)c1. The molecule has 0 radical (unpaired) electrons. The van der Waals surface area contributed by atoms with Crippen LogP contribution in [0.5, 0.6) is 0 Å². The molecule has 1 aromatic rings. The Hall–Kier alpha value is -0.470. The van der Waals surface area contributed by atoms with Crippen molar-refractivity contribution >= 4 is 29.1 Å². The number of Topliss-reactive ketones (excluding diaryl/α,β-unsaturated/α-hetero) is 1. The van der Waals surface area contributed by atoms with Crippen LogP contribution in [0.3, 0.4) is 0 Å². The first kappa shape index (κ1) is 13.0. The van der Waals surface area contributed by atoms with Crippen molar-refractivity contribution < 1.29 is 4.79 Å². The van der Waals surface area contributed by atoms with Gasteiger partial charge in [0, 0.05) is 15.8 Å². The van der Waals surface area contributed by atoms with Gasteiger partial charge in [0.25, 0.3) is 0 Å². The second kappa shape index (κ2) is 5.92. The number of carbonyl (C=O) groups excluding carboxylic acids is 1. The van der Waals surface area contributed by atoms with E-state index in [0.29, 0.717) is 10.3 Å². The van der Waals surface area contributed by atoms with Crippen LogP contribution in [0.15, 0.2) is 24.3 Å². The fraction of sp³-hybridized carbons (Fsp3) is 0.500. The van der Waals surface area contributed by atoms with Gasteiger partial charge in [-0.2, -0.15) is 0 Å². The van der Waals surface area contributed by atoms with Crippen molar-refractivity contribution in [2.24, 2.45) is 0 Å². The third-order valence-corrected chi connectivity index (χ3v) is 4.89. The lowest BCUT2D eigenvalue weighted by Gasteiger charge is -2.15. The fourth-order valence-electron chi connectivity index (χ4n) is 2.25. The Morgan fingerprint density at radius 1 is 1.41 bits per heavy atom. The smallest absolute Gasteiger partial charge is 0.175 e. The molecule has 0 aliphatic heterocycles. The Balaban J connectivity index is 1.98. The fourth-order valence-corrected chi connectivity index (χ4v) is 3.88. The molecule has 1 aliphatic rings. The summed E-state index contributed by atoms with van der Waals surface area (Å²) in [6.07, 6.45) is 5.15. The first-order valence-corrected chi connectivity index (χ1v) is 7.44. The molecule has 1 saturated carbocycles. The Bertz CT molecular complexity index is 399. The number of carbonyl (C=O) groups is 1. The van der Waals surface area contributed by atoms with Gasteiger partial charge in [-0.15, -0.1) is 11.8 Å². The molecule has 0 amide bonds. The van der Waals surface area contributed by atoms with Crippen LogP contribution in [0.4, 0.5) is 0 Å². The van der Waals surface area contributed by atoms with Gasteiger partial charge in [-0.25, -0.2) is 0 Å². The highest BCUT2D eigenvalue weighted by Crippen LogP contribution is 2.33. The van der Waals surface area contributed by atoms with Crippen molar-refractivity contribution in [3.05, 3.63) is 34.9 Å². The Kier molecular flexibility index (Phi) is 4.52. The van der Waals surface area contributed by atoms with Crippen LogP contribution >= 0.6 is 23.4 Å². The normalized spacial score (nSPS) is 18.2. The summed E-state index contributed by atoms with van der Waals surface area (Å²) < 4.78 is 0. The zero-order valence-corrected chi connectivity index (χ0v) is 11.6. The van der Waals surface area contributed by atoms with Crippen molar-refractivity contribution in [1.82, 2.24) is 0 Å². The van der Waals surface area contributed by atoms with Crippen LogP contribution < -0.4 is 0 Å². The summed E-state index contributed by atoms with van der Waals surface area (Å²) in [5, 5.41) is 1.35. The van der Waals surface area contributed by atoms with Crippen LogP contribution in [-0.4, -0.2) is 16.3 Å². The molecule has 92 valence electrons. The van der Waals surface area contributed by atoms with Crippen LogP contribution in [0.1, 0.15) is 43.0 Å². The van der Waals surface area contributed by atoms with Gasteiger partial charge >= 0.3 is 0 Å². The topological polar surface area (TPSA) is 17.1 Å². The van der Waals surface area contributed by atoms with E-state index >= 15 is 0 Å². The number of thioether (sulfide) groups is 1. The molecule has 3 heteroatoms. The van der Waals surface area contributed by atoms with E-state index < -0.39 is 0 Å². The van der Waals surface area contributed by atoms with Crippen LogP contribution in [0, 0.1) is 0 Å². The maximum absolute atomic E-state index is 12.2. The molecule has 1 aliphatic carbocycles. The third-order valence-electron chi connectivity index (χ3n) is 3.18. The van der Waals surface area contributed by atoms with E-state index in [1.54, 1.807) is 12.1 Å². The lowest BCUT2D eigenvalue weighted by molar-refractivity contribution is 0.0994. The van der Waals surface area contributed by atoms with Crippen molar-refractivity contribution in [2.45, 2.75) is 43.1 Å². The van der Waals surface area contributed by atoms with E-state index in [1.165, 1.54) is 25.7 Å². The molecule has 0 spiro atoms. The number of hydrogen-bond donors (Lipinski definition) is 0. The molecule has 0 aromatic heterocycles. The standard InChI is InChI=1S/C14H17ClOS/c1-10(17-13-7-2-3-8-13)14(16)11-5-4-6-12(15)9-11/h4-6,9-10,13H,2-3,7-8H2,1H3. The molecule has 1 fully saturated rings. The van der Waals surface area contributed by atoms with E-state index in [-0.39, 0.29) is 11.0 Å². The number of ketones is 1. The number of halogens is 1. The van der Waals surface area contributed by atoms with Crippen LogP contribution in [0.25, 0.3) is 0 Å². The minimum atomic E-state index is 0.0385.